The van der Waals surface area contributed by atoms with Gasteiger partial charge in [-0.15, -0.1) is 0 Å². The summed E-state index contributed by atoms with van der Waals surface area (Å²) in [5.41, 5.74) is 0. The van der Waals surface area contributed by atoms with Crippen molar-refractivity contribution in [3.05, 3.63) is 29.3 Å². The zero-order valence-electron chi connectivity index (χ0n) is 11.3. The predicted molar refractivity (Wildman–Crippen MR) is 77.8 cm³/mol. The van der Waals surface area contributed by atoms with E-state index in [1.165, 1.54) is 10.4 Å². The summed E-state index contributed by atoms with van der Waals surface area (Å²) in [6.07, 6.45) is 4.08. The monoisotopic (exact) mass is 301 g/mol. The van der Waals surface area contributed by atoms with Crippen molar-refractivity contribution in [2.45, 2.75) is 43.5 Å². The van der Waals surface area contributed by atoms with Gasteiger partial charge >= 0.3 is 0 Å². The molecule has 1 fully saturated rings. The molecule has 1 aliphatic carbocycles. The molecule has 0 N–H and O–H groups in total. The number of halogens is 1. The van der Waals surface area contributed by atoms with E-state index < -0.39 is 10.0 Å². The molecule has 0 unspecified atom stereocenters. The normalized spacial score (nSPS) is 24.6. The van der Waals surface area contributed by atoms with Crippen LogP contribution in [0.3, 0.4) is 0 Å². The fourth-order valence-electron chi connectivity index (χ4n) is 2.60. The lowest BCUT2D eigenvalue weighted by molar-refractivity contribution is 0.246. The number of hydrogen-bond acceptors (Lipinski definition) is 2. The lowest BCUT2D eigenvalue weighted by Gasteiger charge is -2.32. The van der Waals surface area contributed by atoms with Crippen LogP contribution in [0.2, 0.25) is 5.02 Å². The van der Waals surface area contributed by atoms with Gasteiger partial charge in [-0.1, -0.05) is 24.6 Å². The third kappa shape index (κ3) is 3.30. The van der Waals surface area contributed by atoms with Gasteiger partial charge in [0.15, 0.2) is 0 Å². The molecule has 0 aromatic heterocycles. The molecular formula is C14H20ClNO2S. The molecule has 0 heterocycles. The second-order valence-electron chi connectivity index (χ2n) is 5.39. The van der Waals surface area contributed by atoms with E-state index in [9.17, 15) is 8.42 Å². The average molecular weight is 302 g/mol. The lowest BCUT2D eigenvalue weighted by atomic mass is 9.87. The summed E-state index contributed by atoms with van der Waals surface area (Å²) in [5, 5.41) is 0.451. The van der Waals surface area contributed by atoms with Crippen molar-refractivity contribution in [3.8, 4) is 0 Å². The molecule has 0 bridgehead atoms. The van der Waals surface area contributed by atoms with Crippen LogP contribution in [0.15, 0.2) is 29.2 Å². The van der Waals surface area contributed by atoms with Crippen molar-refractivity contribution in [2.24, 2.45) is 5.92 Å². The Kier molecular flexibility index (Phi) is 4.54. The molecule has 0 aliphatic heterocycles. The predicted octanol–water partition coefficient (Wildman–Crippen LogP) is 3.54. The molecule has 5 heteroatoms. The van der Waals surface area contributed by atoms with Gasteiger partial charge in [0.25, 0.3) is 0 Å². The van der Waals surface area contributed by atoms with Crippen LogP contribution in [-0.4, -0.2) is 25.8 Å². The highest BCUT2D eigenvalue weighted by Crippen LogP contribution is 2.30. The Morgan fingerprint density at radius 3 is 2.42 bits per heavy atom. The fourth-order valence-corrected chi connectivity index (χ4v) is 4.31. The lowest BCUT2D eigenvalue weighted by Crippen LogP contribution is -2.39. The van der Waals surface area contributed by atoms with E-state index in [2.05, 4.69) is 6.92 Å². The van der Waals surface area contributed by atoms with E-state index in [0.717, 1.165) is 25.7 Å². The molecule has 106 valence electrons. The van der Waals surface area contributed by atoms with Crippen LogP contribution in [0.4, 0.5) is 0 Å². The molecule has 0 radical (unpaired) electrons. The second kappa shape index (κ2) is 5.81. The van der Waals surface area contributed by atoms with Gasteiger partial charge in [-0.3, -0.25) is 0 Å². The molecule has 2 rings (SSSR count). The quantitative estimate of drug-likeness (QED) is 0.856. The molecule has 1 saturated carbocycles. The summed E-state index contributed by atoms with van der Waals surface area (Å²) >= 11 is 5.88. The maximum absolute atomic E-state index is 12.5. The van der Waals surface area contributed by atoms with Gasteiger partial charge in [0, 0.05) is 18.1 Å². The van der Waals surface area contributed by atoms with Gasteiger partial charge in [-0.05, 0) is 49.8 Å². The molecule has 3 nitrogen and oxygen atoms in total. The first-order valence-corrected chi connectivity index (χ1v) is 8.46. The summed E-state index contributed by atoms with van der Waals surface area (Å²) in [7, 11) is -1.75. The number of hydrogen-bond donors (Lipinski definition) is 0. The molecule has 1 aromatic rings. The summed E-state index contributed by atoms with van der Waals surface area (Å²) in [5.74, 6) is 0.707. The first kappa shape index (κ1) is 14.8. The zero-order chi connectivity index (χ0) is 14.0. The Hall–Kier alpha value is -0.580. The molecule has 0 spiro atoms. The summed E-state index contributed by atoms with van der Waals surface area (Å²) in [6, 6.07) is 6.58. The van der Waals surface area contributed by atoms with Crippen LogP contribution in [0.25, 0.3) is 0 Å². The number of benzene rings is 1. The van der Waals surface area contributed by atoms with Crippen molar-refractivity contribution in [2.75, 3.05) is 7.05 Å². The summed E-state index contributed by atoms with van der Waals surface area (Å²) < 4.78 is 26.6. The Bertz CT molecular complexity index is 536. The topological polar surface area (TPSA) is 37.4 Å². The Labute approximate surface area is 120 Å². The van der Waals surface area contributed by atoms with Crippen LogP contribution in [0.1, 0.15) is 32.6 Å². The maximum Gasteiger partial charge on any atom is 0.243 e. The number of nitrogens with zero attached hydrogens (tertiary/aromatic N) is 1. The van der Waals surface area contributed by atoms with E-state index in [-0.39, 0.29) is 10.9 Å². The van der Waals surface area contributed by atoms with Crippen LogP contribution >= 0.6 is 11.6 Å². The Morgan fingerprint density at radius 1 is 1.21 bits per heavy atom. The summed E-state index contributed by atoms with van der Waals surface area (Å²) in [6.45, 7) is 2.22. The van der Waals surface area contributed by atoms with E-state index in [1.807, 2.05) is 0 Å². The molecule has 1 aliphatic rings. The highest BCUT2D eigenvalue weighted by Gasteiger charge is 2.30. The summed E-state index contributed by atoms with van der Waals surface area (Å²) in [4.78, 5) is 0.279. The van der Waals surface area contributed by atoms with E-state index in [1.54, 1.807) is 25.2 Å². The Balaban J connectivity index is 2.20. The first-order chi connectivity index (χ1) is 8.91. The molecule has 0 saturated heterocycles. The van der Waals surface area contributed by atoms with Crippen LogP contribution in [-0.2, 0) is 10.0 Å². The van der Waals surface area contributed by atoms with Crippen molar-refractivity contribution in [3.63, 3.8) is 0 Å². The average Bonchev–Trinajstić information content (AvgIpc) is 2.39. The highest BCUT2D eigenvalue weighted by atomic mass is 35.5. The van der Waals surface area contributed by atoms with Gasteiger partial charge in [-0.2, -0.15) is 4.31 Å². The van der Waals surface area contributed by atoms with Crippen molar-refractivity contribution >= 4 is 21.6 Å². The third-order valence-electron chi connectivity index (χ3n) is 3.97. The van der Waals surface area contributed by atoms with Crippen molar-refractivity contribution in [1.29, 1.82) is 0 Å². The van der Waals surface area contributed by atoms with Gasteiger partial charge < -0.3 is 0 Å². The van der Waals surface area contributed by atoms with E-state index >= 15 is 0 Å². The largest absolute Gasteiger partial charge is 0.243 e. The van der Waals surface area contributed by atoms with Gasteiger partial charge in [0.1, 0.15) is 0 Å². The van der Waals surface area contributed by atoms with E-state index in [4.69, 9.17) is 11.6 Å². The third-order valence-corrected chi connectivity index (χ3v) is 6.11. The first-order valence-electron chi connectivity index (χ1n) is 6.65. The standard InChI is InChI=1S/C14H20ClNO2S/c1-11-6-8-13(9-7-11)16(2)19(17,18)14-5-3-4-12(15)10-14/h3-5,10-11,13H,6-9H2,1-2H3. The van der Waals surface area contributed by atoms with Gasteiger partial charge in [0.05, 0.1) is 4.90 Å². The van der Waals surface area contributed by atoms with Crippen LogP contribution < -0.4 is 0 Å². The SMILES string of the molecule is CC1CCC(N(C)S(=O)(=O)c2cccc(Cl)c2)CC1. The molecule has 1 aromatic carbocycles. The van der Waals surface area contributed by atoms with Gasteiger partial charge in [0.2, 0.25) is 10.0 Å². The molecule has 0 amide bonds. The van der Waals surface area contributed by atoms with Crippen LogP contribution in [0.5, 0.6) is 0 Å². The minimum absolute atomic E-state index is 0.111. The maximum atomic E-state index is 12.5. The van der Waals surface area contributed by atoms with E-state index in [0.29, 0.717) is 10.9 Å². The Morgan fingerprint density at radius 2 is 1.84 bits per heavy atom. The number of rotatable bonds is 3. The smallest absolute Gasteiger partial charge is 0.207 e. The minimum Gasteiger partial charge on any atom is -0.207 e. The number of sulfonamides is 1. The fraction of sp³-hybridized carbons (Fsp3) is 0.571. The second-order valence-corrected chi connectivity index (χ2v) is 7.83. The highest BCUT2D eigenvalue weighted by molar-refractivity contribution is 7.89. The van der Waals surface area contributed by atoms with Gasteiger partial charge in [-0.25, -0.2) is 8.42 Å². The molecule has 0 atom stereocenters. The minimum atomic E-state index is -3.43. The molecule has 19 heavy (non-hydrogen) atoms. The van der Waals surface area contributed by atoms with Crippen molar-refractivity contribution < 1.29 is 8.42 Å². The van der Waals surface area contributed by atoms with Crippen molar-refractivity contribution in [1.82, 2.24) is 4.31 Å². The molecular weight excluding hydrogens is 282 g/mol. The van der Waals surface area contributed by atoms with Crippen LogP contribution in [0, 0.1) is 5.92 Å². The zero-order valence-corrected chi connectivity index (χ0v) is 12.9.